The van der Waals surface area contributed by atoms with Crippen LogP contribution in [-0.2, 0) is 11.2 Å². The molecule has 1 N–H and O–H groups in total. The first kappa shape index (κ1) is 20.9. The van der Waals surface area contributed by atoms with Crippen LogP contribution < -0.4 is 5.32 Å². The lowest BCUT2D eigenvalue weighted by molar-refractivity contribution is 0.0526. The quantitative estimate of drug-likeness (QED) is 0.662. The van der Waals surface area contributed by atoms with Gasteiger partial charge in [-0.15, -0.1) is 0 Å². The Morgan fingerprint density at radius 2 is 1.72 bits per heavy atom. The van der Waals surface area contributed by atoms with Gasteiger partial charge in [0.25, 0.3) is 0 Å². The molecule has 0 unspecified atom stereocenters. The number of carbonyl (C=O) groups excluding carboxylic acids is 2. The number of anilines is 1. The summed E-state index contributed by atoms with van der Waals surface area (Å²) in [4.78, 5) is 26.1. The number of likely N-dealkylation sites (tertiary alicyclic amines) is 1. The molecular formula is C24H30N2O3. The second-order valence-electron chi connectivity index (χ2n) is 7.54. The number of hydrogen-bond acceptors (Lipinski definition) is 3. The zero-order chi connectivity index (χ0) is 20.5. The van der Waals surface area contributed by atoms with Gasteiger partial charge >= 0.3 is 12.0 Å². The Kier molecular flexibility index (Phi) is 7.68. The Morgan fingerprint density at radius 1 is 1.03 bits per heavy atom. The third kappa shape index (κ3) is 6.34. The van der Waals surface area contributed by atoms with E-state index in [0.29, 0.717) is 23.8 Å². The zero-order valence-electron chi connectivity index (χ0n) is 17.1. The molecule has 29 heavy (non-hydrogen) atoms. The summed E-state index contributed by atoms with van der Waals surface area (Å²) in [6, 6.07) is 17.4. The minimum atomic E-state index is -0.347. The first-order valence-corrected chi connectivity index (χ1v) is 10.5. The SMILES string of the molecule is CCOC(=O)c1ccc(NC(=O)N2CCC(CCCc3ccccc3)CC2)cc1. The third-order valence-electron chi connectivity index (χ3n) is 5.47. The molecule has 5 nitrogen and oxygen atoms in total. The highest BCUT2D eigenvalue weighted by atomic mass is 16.5. The van der Waals surface area contributed by atoms with Crippen LogP contribution in [0.1, 0.15) is 48.5 Å². The van der Waals surface area contributed by atoms with Gasteiger partial charge < -0.3 is 15.0 Å². The van der Waals surface area contributed by atoms with Gasteiger partial charge in [-0.3, -0.25) is 0 Å². The number of hydrogen-bond donors (Lipinski definition) is 1. The van der Waals surface area contributed by atoms with Crippen LogP contribution in [0.25, 0.3) is 0 Å². The summed E-state index contributed by atoms with van der Waals surface area (Å²) >= 11 is 0. The van der Waals surface area contributed by atoms with Gasteiger partial charge in [0.05, 0.1) is 12.2 Å². The fraction of sp³-hybridized carbons (Fsp3) is 0.417. The van der Waals surface area contributed by atoms with E-state index >= 15 is 0 Å². The Balaban J connectivity index is 1.39. The second-order valence-corrected chi connectivity index (χ2v) is 7.54. The van der Waals surface area contributed by atoms with E-state index < -0.39 is 0 Å². The summed E-state index contributed by atoms with van der Waals surface area (Å²) in [5.41, 5.74) is 2.58. The Morgan fingerprint density at radius 3 is 2.38 bits per heavy atom. The van der Waals surface area contributed by atoms with E-state index in [1.165, 1.54) is 18.4 Å². The molecule has 5 heteroatoms. The van der Waals surface area contributed by atoms with Crippen molar-refractivity contribution in [1.82, 2.24) is 4.90 Å². The molecule has 1 aliphatic rings. The Bertz CT molecular complexity index is 782. The topological polar surface area (TPSA) is 58.6 Å². The molecule has 2 amide bonds. The summed E-state index contributed by atoms with van der Waals surface area (Å²) in [5.74, 6) is 0.353. The maximum atomic E-state index is 12.5. The van der Waals surface area contributed by atoms with Gasteiger partial charge in [0.15, 0.2) is 0 Å². The van der Waals surface area contributed by atoms with Crippen molar-refractivity contribution in [3.8, 4) is 0 Å². The van der Waals surface area contributed by atoms with Crippen LogP contribution in [0.3, 0.4) is 0 Å². The maximum Gasteiger partial charge on any atom is 0.338 e. The molecule has 1 fully saturated rings. The van der Waals surface area contributed by atoms with Crippen molar-refractivity contribution in [2.75, 3.05) is 25.0 Å². The van der Waals surface area contributed by atoms with Crippen molar-refractivity contribution in [3.05, 3.63) is 65.7 Å². The summed E-state index contributed by atoms with van der Waals surface area (Å²) < 4.78 is 4.97. The van der Waals surface area contributed by atoms with E-state index in [1.54, 1.807) is 31.2 Å². The van der Waals surface area contributed by atoms with Crippen molar-refractivity contribution in [2.45, 2.75) is 39.0 Å². The number of carbonyl (C=O) groups is 2. The number of amides is 2. The van der Waals surface area contributed by atoms with Crippen LogP contribution >= 0.6 is 0 Å². The smallest absolute Gasteiger partial charge is 0.338 e. The molecule has 1 heterocycles. The lowest BCUT2D eigenvalue weighted by atomic mass is 9.91. The fourth-order valence-corrected chi connectivity index (χ4v) is 3.77. The van der Waals surface area contributed by atoms with Gasteiger partial charge in [-0.2, -0.15) is 0 Å². The average molecular weight is 395 g/mol. The molecule has 0 aliphatic carbocycles. The highest BCUT2D eigenvalue weighted by molar-refractivity contribution is 5.92. The van der Waals surface area contributed by atoms with Gasteiger partial charge in [0.2, 0.25) is 0 Å². The predicted molar refractivity (Wildman–Crippen MR) is 115 cm³/mol. The molecular weight excluding hydrogens is 364 g/mol. The normalized spacial score (nSPS) is 14.4. The number of benzene rings is 2. The van der Waals surface area contributed by atoms with Crippen LogP contribution in [0.5, 0.6) is 0 Å². The fourth-order valence-electron chi connectivity index (χ4n) is 3.77. The van der Waals surface area contributed by atoms with Crippen LogP contribution in [0.2, 0.25) is 0 Å². The molecule has 3 rings (SSSR count). The molecule has 0 saturated carbocycles. The lowest BCUT2D eigenvalue weighted by Crippen LogP contribution is -2.41. The van der Waals surface area contributed by atoms with Crippen LogP contribution in [0, 0.1) is 5.92 Å². The Hall–Kier alpha value is -2.82. The summed E-state index contributed by atoms with van der Waals surface area (Å²) in [7, 11) is 0. The molecule has 2 aromatic rings. The van der Waals surface area contributed by atoms with Crippen LogP contribution in [-0.4, -0.2) is 36.6 Å². The zero-order valence-corrected chi connectivity index (χ0v) is 17.1. The van der Waals surface area contributed by atoms with Crippen molar-refractivity contribution in [3.63, 3.8) is 0 Å². The number of esters is 1. The van der Waals surface area contributed by atoms with Crippen LogP contribution in [0.4, 0.5) is 10.5 Å². The number of piperidine rings is 1. The van der Waals surface area contributed by atoms with Crippen molar-refractivity contribution in [2.24, 2.45) is 5.92 Å². The standard InChI is InChI=1S/C24H30N2O3/c1-2-29-23(27)21-11-13-22(14-12-21)25-24(28)26-17-15-20(16-18-26)10-6-9-19-7-4-3-5-8-19/h3-5,7-8,11-14,20H,2,6,9-10,15-18H2,1H3,(H,25,28). The van der Waals surface area contributed by atoms with Crippen LogP contribution in [0.15, 0.2) is 54.6 Å². The molecule has 0 bridgehead atoms. The molecule has 0 aromatic heterocycles. The average Bonchev–Trinajstić information content (AvgIpc) is 2.75. The minimum Gasteiger partial charge on any atom is -0.462 e. The number of urea groups is 1. The lowest BCUT2D eigenvalue weighted by Gasteiger charge is -2.32. The van der Waals surface area contributed by atoms with Crippen molar-refractivity contribution in [1.29, 1.82) is 0 Å². The molecule has 0 radical (unpaired) electrons. The summed E-state index contributed by atoms with van der Waals surface area (Å²) in [6.07, 6.45) is 5.67. The minimum absolute atomic E-state index is 0.0726. The van der Waals surface area contributed by atoms with E-state index in [2.05, 4.69) is 35.6 Å². The number of ether oxygens (including phenoxy) is 1. The highest BCUT2D eigenvalue weighted by Gasteiger charge is 2.22. The van der Waals surface area contributed by atoms with Crippen molar-refractivity contribution >= 4 is 17.7 Å². The van der Waals surface area contributed by atoms with E-state index in [0.717, 1.165) is 32.4 Å². The summed E-state index contributed by atoms with van der Waals surface area (Å²) in [6.45, 7) is 3.71. The molecule has 1 saturated heterocycles. The van der Waals surface area contributed by atoms with Gasteiger partial charge in [-0.25, -0.2) is 9.59 Å². The van der Waals surface area contributed by atoms with Gasteiger partial charge in [0, 0.05) is 18.8 Å². The van der Waals surface area contributed by atoms with Gasteiger partial charge in [-0.1, -0.05) is 30.3 Å². The third-order valence-corrected chi connectivity index (χ3v) is 5.47. The first-order valence-electron chi connectivity index (χ1n) is 10.5. The monoisotopic (exact) mass is 394 g/mol. The highest BCUT2D eigenvalue weighted by Crippen LogP contribution is 2.23. The Labute approximate surface area is 173 Å². The maximum absolute atomic E-state index is 12.5. The van der Waals surface area contributed by atoms with E-state index in [4.69, 9.17) is 4.74 Å². The number of nitrogens with zero attached hydrogens (tertiary/aromatic N) is 1. The van der Waals surface area contributed by atoms with E-state index in [1.807, 2.05) is 4.90 Å². The molecule has 1 aliphatic heterocycles. The number of rotatable bonds is 7. The van der Waals surface area contributed by atoms with Gasteiger partial charge in [0.1, 0.15) is 0 Å². The molecule has 0 atom stereocenters. The summed E-state index contributed by atoms with van der Waals surface area (Å²) in [5, 5.41) is 2.92. The van der Waals surface area contributed by atoms with Gasteiger partial charge in [-0.05, 0) is 74.8 Å². The first-order chi connectivity index (χ1) is 14.2. The number of aryl methyl sites for hydroxylation is 1. The van der Waals surface area contributed by atoms with E-state index in [9.17, 15) is 9.59 Å². The number of nitrogens with one attached hydrogen (secondary N) is 1. The molecule has 2 aromatic carbocycles. The predicted octanol–water partition coefficient (Wildman–Crippen LogP) is 5.13. The van der Waals surface area contributed by atoms with Crippen molar-refractivity contribution < 1.29 is 14.3 Å². The largest absolute Gasteiger partial charge is 0.462 e. The van der Waals surface area contributed by atoms with E-state index in [-0.39, 0.29) is 12.0 Å². The molecule has 0 spiro atoms. The molecule has 154 valence electrons. The second kappa shape index (κ2) is 10.6.